The van der Waals surface area contributed by atoms with E-state index in [1.54, 1.807) is 13.2 Å². The van der Waals surface area contributed by atoms with Crippen molar-refractivity contribution in [2.75, 3.05) is 33.9 Å². The summed E-state index contributed by atoms with van der Waals surface area (Å²) in [5.74, 6) is 1.42. The molecule has 1 aliphatic rings. The molecule has 0 bridgehead atoms. The zero-order chi connectivity index (χ0) is 16.7. The molecule has 1 aromatic carbocycles. The first-order valence-corrected chi connectivity index (χ1v) is 8.12. The molecule has 1 aromatic rings. The van der Waals surface area contributed by atoms with Crippen LogP contribution in [0.2, 0.25) is 0 Å². The molecule has 0 spiro atoms. The predicted octanol–water partition coefficient (Wildman–Crippen LogP) is 2.32. The average Bonchev–Trinajstić information content (AvgIpc) is 2.60. The molecule has 23 heavy (non-hydrogen) atoms. The molecule has 0 saturated carbocycles. The number of hydrogen-bond acceptors (Lipinski definition) is 4. The molecular weight excluding hydrogens is 292 g/mol. The molecule has 0 aromatic heterocycles. The molecular formula is C18H26N2O3. The maximum absolute atomic E-state index is 12.3. The number of methoxy groups -OCH3 is 1. The van der Waals surface area contributed by atoms with E-state index in [4.69, 9.17) is 9.47 Å². The number of benzene rings is 1. The lowest BCUT2D eigenvalue weighted by molar-refractivity contribution is -0.127. The predicted molar refractivity (Wildman–Crippen MR) is 91.9 cm³/mol. The molecule has 1 aliphatic heterocycles. The number of piperidine rings is 1. The van der Waals surface area contributed by atoms with E-state index in [1.807, 2.05) is 43.1 Å². The minimum Gasteiger partial charge on any atom is -0.493 e. The lowest BCUT2D eigenvalue weighted by Gasteiger charge is -2.30. The second-order valence-electron chi connectivity index (χ2n) is 5.61. The summed E-state index contributed by atoms with van der Waals surface area (Å²) in [6, 6.07) is 5.97. The van der Waals surface area contributed by atoms with Gasteiger partial charge in [0, 0.05) is 19.2 Å². The zero-order valence-electron chi connectivity index (χ0n) is 14.2. The van der Waals surface area contributed by atoms with E-state index in [2.05, 4.69) is 5.32 Å². The summed E-state index contributed by atoms with van der Waals surface area (Å²) in [4.78, 5) is 14.1. The van der Waals surface area contributed by atoms with Crippen molar-refractivity contribution in [3.05, 3.63) is 29.8 Å². The highest BCUT2D eigenvalue weighted by Gasteiger charge is 2.20. The third kappa shape index (κ3) is 4.73. The molecule has 126 valence electrons. The quantitative estimate of drug-likeness (QED) is 0.818. The molecule has 5 heteroatoms. The van der Waals surface area contributed by atoms with Crippen LogP contribution in [-0.4, -0.2) is 50.7 Å². The monoisotopic (exact) mass is 318 g/mol. The Kier molecular flexibility index (Phi) is 6.47. The number of carbonyl (C=O) groups excluding carboxylic acids is 1. The topological polar surface area (TPSA) is 50.8 Å². The van der Waals surface area contributed by atoms with Crippen LogP contribution in [-0.2, 0) is 4.79 Å². The smallest absolute Gasteiger partial charge is 0.246 e. The van der Waals surface area contributed by atoms with Crippen LogP contribution in [0.5, 0.6) is 11.5 Å². The van der Waals surface area contributed by atoms with E-state index in [9.17, 15) is 4.79 Å². The lowest BCUT2D eigenvalue weighted by atomic mass is 10.1. The Labute approximate surface area is 138 Å². The van der Waals surface area contributed by atoms with Gasteiger partial charge in [-0.15, -0.1) is 0 Å². The second-order valence-corrected chi connectivity index (χ2v) is 5.61. The Morgan fingerprint density at radius 3 is 2.74 bits per heavy atom. The van der Waals surface area contributed by atoms with Crippen LogP contribution >= 0.6 is 0 Å². The van der Waals surface area contributed by atoms with Crippen molar-refractivity contribution in [2.24, 2.45) is 0 Å². The number of rotatable bonds is 6. The first kappa shape index (κ1) is 17.3. The first-order valence-electron chi connectivity index (χ1n) is 8.12. The lowest BCUT2D eigenvalue weighted by Crippen LogP contribution is -2.43. The van der Waals surface area contributed by atoms with Gasteiger partial charge < -0.3 is 19.7 Å². The fourth-order valence-electron chi connectivity index (χ4n) is 2.72. The molecule has 1 fully saturated rings. The molecule has 2 rings (SSSR count). The number of ether oxygens (including phenoxy) is 2. The first-order chi connectivity index (χ1) is 11.2. The van der Waals surface area contributed by atoms with Gasteiger partial charge in [-0.1, -0.05) is 6.07 Å². The van der Waals surface area contributed by atoms with Crippen LogP contribution < -0.4 is 14.8 Å². The number of carbonyl (C=O) groups is 1. The van der Waals surface area contributed by atoms with Crippen molar-refractivity contribution in [3.8, 4) is 11.5 Å². The summed E-state index contributed by atoms with van der Waals surface area (Å²) in [5, 5.41) is 3.31. The highest BCUT2D eigenvalue weighted by atomic mass is 16.5. The highest BCUT2D eigenvalue weighted by molar-refractivity contribution is 5.91. The van der Waals surface area contributed by atoms with E-state index in [0.717, 1.165) is 31.5 Å². The SMILES string of the molecule is CCOc1cc(/C=C/C(=O)N(C)C2CCNCC2)ccc1OC. The summed E-state index contributed by atoms with van der Waals surface area (Å²) in [5.41, 5.74) is 0.918. The van der Waals surface area contributed by atoms with Crippen LogP contribution in [0.15, 0.2) is 24.3 Å². The normalized spacial score (nSPS) is 15.6. The summed E-state index contributed by atoms with van der Waals surface area (Å²) < 4.78 is 10.8. The maximum atomic E-state index is 12.3. The fraction of sp³-hybridized carbons (Fsp3) is 0.500. The van der Waals surface area contributed by atoms with Crippen LogP contribution in [0.25, 0.3) is 6.08 Å². The Balaban J connectivity index is 2.03. The van der Waals surface area contributed by atoms with Gasteiger partial charge in [-0.3, -0.25) is 4.79 Å². The van der Waals surface area contributed by atoms with Crippen molar-refractivity contribution < 1.29 is 14.3 Å². The molecule has 0 radical (unpaired) electrons. The molecule has 1 saturated heterocycles. The number of nitrogens with one attached hydrogen (secondary N) is 1. The Morgan fingerprint density at radius 1 is 1.35 bits per heavy atom. The van der Waals surface area contributed by atoms with Crippen molar-refractivity contribution in [3.63, 3.8) is 0 Å². The number of hydrogen-bond donors (Lipinski definition) is 1. The van der Waals surface area contributed by atoms with Gasteiger partial charge in [-0.25, -0.2) is 0 Å². The van der Waals surface area contributed by atoms with E-state index in [-0.39, 0.29) is 5.91 Å². The molecule has 1 N–H and O–H groups in total. The maximum Gasteiger partial charge on any atom is 0.246 e. The molecule has 0 aliphatic carbocycles. The van der Waals surface area contributed by atoms with Gasteiger partial charge >= 0.3 is 0 Å². The van der Waals surface area contributed by atoms with Gasteiger partial charge in [0.15, 0.2) is 11.5 Å². The van der Waals surface area contributed by atoms with Gasteiger partial charge in [-0.05, 0) is 56.6 Å². The molecule has 0 unspecified atom stereocenters. The summed E-state index contributed by atoms with van der Waals surface area (Å²) in [7, 11) is 3.49. The third-order valence-electron chi connectivity index (χ3n) is 4.11. The average molecular weight is 318 g/mol. The number of amides is 1. The van der Waals surface area contributed by atoms with E-state index in [0.29, 0.717) is 24.1 Å². The Bertz CT molecular complexity index is 551. The summed E-state index contributed by atoms with van der Waals surface area (Å²) >= 11 is 0. The minimum atomic E-state index is 0.0330. The standard InChI is InChI=1S/C18H26N2O3/c1-4-23-17-13-14(5-7-16(17)22-3)6-8-18(21)20(2)15-9-11-19-12-10-15/h5-8,13,15,19H,4,9-12H2,1-3H3/b8-6+. The van der Waals surface area contributed by atoms with Gasteiger partial charge in [0.05, 0.1) is 13.7 Å². The van der Waals surface area contributed by atoms with Crippen molar-refractivity contribution >= 4 is 12.0 Å². The minimum absolute atomic E-state index is 0.0330. The second kappa shape index (κ2) is 8.58. The van der Waals surface area contributed by atoms with Crippen molar-refractivity contribution in [1.29, 1.82) is 0 Å². The summed E-state index contributed by atoms with van der Waals surface area (Å²) in [6.45, 7) is 4.45. The van der Waals surface area contributed by atoms with Crippen LogP contribution in [0, 0.1) is 0 Å². The number of likely N-dealkylation sites (N-methyl/N-ethyl adjacent to an activating group) is 1. The summed E-state index contributed by atoms with van der Waals surface area (Å²) in [6.07, 6.45) is 5.46. The van der Waals surface area contributed by atoms with E-state index in [1.165, 1.54) is 0 Å². The Morgan fingerprint density at radius 2 is 2.09 bits per heavy atom. The fourth-order valence-corrected chi connectivity index (χ4v) is 2.72. The molecule has 1 heterocycles. The molecule has 0 atom stereocenters. The van der Waals surface area contributed by atoms with Crippen LogP contribution in [0.1, 0.15) is 25.3 Å². The van der Waals surface area contributed by atoms with Crippen LogP contribution in [0.3, 0.4) is 0 Å². The highest BCUT2D eigenvalue weighted by Crippen LogP contribution is 2.28. The molecule has 5 nitrogen and oxygen atoms in total. The van der Waals surface area contributed by atoms with Gasteiger partial charge in [0.25, 0.3) is 0 Å². The van der Waals surface area contributed by atoms with E-state index >= 15 is 0 Å². The van der Waals surface area contributed by atoms with Gasteiger partial charge in [0.1, 0.15) is 0 Å². The Hall–Kier alpha value is -2.01. The van der Waals surface area contributed by atoms with E-state index < -0.39 is 0 Å². The third-order valence-corrected chi connectivity index (χ3v) is 4.11. The van der Waals surface area contributed by atoms with Crippen molar-refractivity contribution in [1.82, 2.24) is 10.2 Å². The van der Waals surface area contributed by atoms with Crippen molar-refractivity contribution in [2.45, 2.75) is 25.8 Å². The van der Waals surface area contributed by atoms with Crippen LogP contribution in [0.4, 0.5) is 0 Å². The number of nitrogens with zero attached hydrogens (tertiary/aromatic N) is 1. The molecule has 1 amide bonds. The van der Waals surface area contributed by atoms with Gasteiger partial charge in [0.2, 0.25) is 5.91 Å². The van der Waals surface area contributed by atoms with Gasteiger partial charge in [-0.2, -0.15) is 0 Å². The largest absolute Gasteiger partial charge is 0.493 e. The zero-order valence-corrected chi connectivity index (χ0v) is 14.2.